The summed E-state index contributed by atoms with van der Waals surface area (Å²) in [4.78, 5) is 33.3. The first-order valence-corrected chi connectivity index (χ1v) is 11.2. The molecule has 4 rings (SSSR count). The van der Waals surface area contributed by atoms with Crippen LogP contribution in [0.3, 0.4) is 0 Å². The lowest BCUT2D eigenvalue weighted by Gasteiger charge is -2.37. The molecule has 0 bridgehead atoms. The van der Waals surface area contributed by atoms with Crippen molar-refractivity contribution >= 4 is 17.4 Å². The molecular formula is C24H33N3O3. The smallest absolute Gasteiger partial charge is 0.278 e. The molecule has 0 spiro atoms. The summed E-state index contributed by atoms with van der Waals surface area (Å²) in [6, 6.07) is 7.81. The minimum Gasteiger partial charge on any atom is -0.496 e. The maximum atomic E-state index is 13.7. The molecule has 1 saturated heterocycles. The molecule has 0 unspecified atom stereocenters. The number of hydrogen-bond acceptors (Lipinski definition) is 5. The molecule has 0 N–H and O–H groups in total. The number of hydrogen-bond donors (Lipinski definition) is 0. The van der Waals surface area contributed by atoms with Gasteiger partial charge in [-0.25, -0.2) is 0 Å². The second-order valence-electron chi connectivity index (χ2n) is 8.84. The number of ether oxygens (including phenoxy) is 1. The minimum atomic E-state index is -0.161. The van der Waals surface area contributed by atoms with Crippen LogP contribution in [0.1, 0.15) is 50.5 Å². The highest BCUT2D eigenvalue weighted by Gasteiger charge is 2.46. The molecule has 2 aliphatic heterocycles. The minimum absolute atomic E-state index is 0.00634. The van der Waals surface area contributed by atoms with Gasteiger partial charge < -0.3 is 14.5 Å². The molecule has 1 aromatic carbocycles. The van der Waals surface area contributed by atoms with E-state index >= 15 is 0 Å². The van der Waals surface area contributed by atoms with Crippen LogP contribution in [-0.4, -0.2) is 72.9 Å². The number of nitrogens with zero attached hydrogens (tertiary/aromatic N) is 3. The van der Waals surface area contributed by atoms with E-state index in [0.717, 1.165) is 51.6 Å². The predicted octanol–water partition coefficient (Wildman–Crippen LogP) is 3.13. The number of piperidine rings is 1. The average molecular weight is 412 g/mol. The summed E-state index contributed by atoms with van der Waals surface area (Å²) in [6.45, 7) is 2.00. The highest BCUT2D eigenvalue weighted by molar-refractivity contribution is 6.36. The van der Waals surface area contributed by atoms with Gasteiger partial charge >= 0.3 is 0 Å². The second-order valence-corrected chi connectivity index (χ2v) is 8.84. The molecule has 3 aliphatic rings. The number of imide groups is 1. The molecule has 6 nitrogen and oxygen atoms in total. The van der Waals surface area contributed by atoms with Gasteiger partial charge in [0.2, 0.25) is 0 Å². The Morgan fingerprint density at radius 2 is 1.63 bits per heavy atom. The summed E-state index contributed by atoms with van der Waals surface area (Å²) in [7, 11) is 5.72. The van der Waals surface area contributed by atoms with E-state index in [4.69, 9.17) is 4.74 Å². The standard InChI is InChI=1S/C24H33N3O3/c1-25-15-13-17(14-16-25)26(2)22-21(19-11-7-8-12-20(19)30-3)23(28)27(24(22)29)18-9-5-4-6-10-18/h7-8,11-12,17-18H,4-6,9-10,13-16H2,1-3H3. The van der Waals surface area contributed by atoms with Gasteiger partial charge in [0.1, 0.15) is 11.4 Å². The van der Waals surface area contributed by atoms with Crippen LogP contribution >= 0.6 is 0 Å². The van der Waals surface area contributed by atoms with E-state index in [1.165, 1.54) is 6.42 Å². The van der Waals surface area contributed by atoms with E-state index in [2.05, 4.69) is 16.8 Å². The Morgan fingerprint density at radius 3 is 2.30 bits per heavy atom. The lowest BCUT2D eigenvalue weighted by Crippen LogP contribution is -2.46. The highest BCUT2D eigenvalue weighted by Crippen LogP contribution is 2.39. The van der Waals surface area contributed by atoms with Crippen molar-refractivity contribution in [2.45, 2.75) is 57.0 Å². The van der Waals surface area contributed by atoms with E-state index in [-0.39, 0.29) is 23.9 Å². The van der Waals surface area contributed by atoms with E-state index in [9.17, 15) is 9.59 Å². The molecule has 1 aromatic rings. The first kappa shape index (κ1) is 20.9. The first-order valence-electron chi connectivity index (χ1n) is 11.2. The fourth-order valence-corrected chi connectivity index (χ4v) is 5.19. The van der Waals surface area contributed by atoms with Gasteiger partial charge in [-0.15, -0.1) is 0 Å². The third-order valence-corrected chi connectivity index (χ3v) is 7.00. The highest BCUT2D eigenvalue weighted by atomic mass is 16.5. The van der Waals surface area contributed by atoms with E-state index in [1.807, 2.05) is 31.3 Å². The largest absolute Gasteiger partial charge is 0.496 e. The zero-order valence-electron chi connectivity index (χ0n) is 18.4. The molecule has 0 atom stereocenters. The molecule has 2 heterocycles. The van der Waals surface area contributed by atoms with Gasteiger partial charge in [0.05, 0.1) is 12.7 Å². The Morgan fingerprint density at radius 1 is 0.967 bits per heavy atom. The first-order chi connectivity index (χ1) is 14.5. The second kappa shape index (κ2) is 8.80. The monoisotopic (exact) mass is 411 g/mol. The molecule has 0 radical (unpaired) electrons. The van der Waals surface area contributed by atoms with Crippen LogP contribution in [0, 0.1) is 0 Å². The normalized spacial score (nSPS) is 22.2. The van der Waals surface area contributed by atoms with Gasteiger partial charge in [-0.3, -0.25) is 14.5 Å². The summed E-state index contributed by atoms with van der Waals surface area (Å²) in [6.07, 6.45) is 7.12. The average Bonchev–Trinajstić information content (AvgIpc) is 3.04. The maximum absolute atomic E-state index is 13.7. The topological polar surface area (TPSA) is 53.1 Å². The fraction of sp³-hybridized carbons (Fsp3) is 0.583. The zero-order chi connectivity index (χ0) is 21.3. The molecule has 30 heavy (non-hydrogen) atoms. The lowest BCUT2D eigenvalue weighted by molar-refractivity contribution is -0.141. The Labute approximate surface area is 179 Å². The number of carbonyl (C=O) groups is 2. The van der Waals surface area contributed by atoms with E-state index in [1.54, 1.807) is 12.0 Å². The third kappa shape index (κ3) is 3.73. The number of benzene rings is 1. The summed E-state index contributed by atoms with van der Waals surface area (Å²) in [5, 5.41) is 0. The van der Waals surface area contributed by atoms with Crippen molar-refractivity contribution in [3.05, 3.63) is 35.5 Å². The van der Waals surface area contributed by atoms with Crippen molar-refractivity contribution in [1.82, 2.24) is 14.7 Å². The summed E-state index contributed by atoms with van der Waals surface area (Å²) >= 11 is 0. The van der Waals surface area contributed by atoms with E-state index in [0.29, 0.717) is 22.6 Å². The van der Waals surface area contributed by atoms with Crippen LogP contribution in [0.25, 0.3) is 5.57 Å². The number of carbonyl (C=O) groups excluding carboxylic acids is 2. The number of methoxy groups -OCH3 is 1. The van der Waals surface area contributed by atoms with Gasteiger partial charge in [-0.1, -0.05) is 37.5 Å². The Kier molecular flexibility index (Phi) is 6.14. The molecule has 2 fully saturated rings. The van der Waals surface area contributed by atoms with Crippen LogP contribution in [0.4, 0.5) is 0 Å². The maximum Gasteiger partial charge on any atom is 0.278 e. The Bertz CT molecular complexity index is 836. The zero-order valence-corrected chi connectivity index (χ0v) is 18.4. The van der Waals surface area contributed by atoms with Crippen LogP contribution in [0.15, 0.2) is 30.0 Å². The number of likely N-dealkylation sites (tertiary alicyclic amines) is 1. The quantitative estimate of drug-likeness (QED) is 0.697. The lowest BCUT2D eigenvalue weighted by atomic mass is 9.94. The molecule has 2 amide bonds. The summed E-state index contributed by atoms with van der Waals surface area (Å²) in [5.74, 6) is 0.342. The van der Waals surface area contributed by atoms with Gasteiger partial charge in [-0.05, 0) is 51.9 Å². The van der Waals surface area contributed by atoms with Crippen molar-refractivity contribution in [3.8, 4) is 5.75 Å². The molecular weight excluding hydrogens is 378 g/mol. The number of para-hydroxylation sites is 1. The number of rotatable bonds is 5. The molecule has 1 aliphatic carbocycles. The molecule has 162 valence electrons. The fourth-order valence-electron chi connectivity index (χ4n) is 5.19. The van der Waals surface area contributed by atoms with Gasteiger partial charge in [0.25, 0.3) is 11.8 Å². The van der Waals surface area contributed by atoms with E-state index < -0.39 is 0 Å². The van der Waals surface area contributed by atoms with Gasteiger partial charge in [0, 0.05) is 24.7 Å². The van der Waals surface area contributed by atoms with Crippen molar-refractivity contribution in [2.75, 3.05) is 34.3 Å². The van der Waals surface area contributed by atoms with Gasteiger partial charge in [0.15, 0.2) is 0 Å². The number of likely N-dealkylation sites (N-methyl/N-ethyl adjacent to an activating group) is 1. The van der Waals surface area contributed by atoms with Gasteiger partial charge in [-0.2, -0.15) is 0 Å². The van der Waals surface area contributed by atoms with Crippen molar-refractivity contribution in [3.63, 3.8) is 0 Å². The van der Waals surface area contributed by atoms with Crippen LogP contribution < -0.4 is 4.74 Å². The molecule has 6 heteroatoms. The summed E-state index contributed by atoms with van der Waals surface area (Å²) < 4.78 is 5.57. The summed E-state index contributed by atoms with van der Waals surface area (Å²) in [5.41, 5.74) is 1.76. The SMILES string of the molecule is COc1ccccc1C1=C(N(C)C2CCN(C)CC2)C(=O)N(C2CCCCC2)C1=O. The Balaban J connectivity index is 1.76. The van der Waals surface area contributed by atoms with Crippen LogP contribution in [-0.2, 0) is 9.59 Å². The van der Waals surface area contributed by atoms with Crippen LogP contribution in [0.2, 0.25) is 0 Å². The van der Waals surface area contributed by atoms with Crippen molar-refractivity contribution < 1.29 is 14.3 Å². The molecule has 0 aromatic heterocycles. The number of amides is 2. The van der Waals surface area contributed by atoms with Crippen LogP contribution in [0.5, 0.6) is 5.75 Å². The predicted molar refractivity (Wildman–Crippen MR) is 117 cm³/mol. The van der Waals surface area contributed by atoms with Crippen molar-refractivity contribution in [1.29, 1.82) is 0 Å². The third-order valence-electron chi connectivity index (χ3n) is 7.00. The van der Waals surface area contributed by atoms with Crippen molar-refractivity contribution in [2.24, 2.45) is 0 Å². The molecule has 1 saturated carbocycles. The Hall–Kier alpha value is -2.34.